The van der Waals surface area contributed by atoms with Crippen LogP contribution in [0, 0.1) is 0 Å². The summed E-state index contributed by atoms with van der Waals surface area (Å²) in [5, 5.41) is 4.37. The molecule has 0 spiro atoms. The van der Waals surface area contributed by atoms with Crippen LogP contribution in [0.1, 0.15) is 12.2 Å². The smallest absolute Gasteiger partial charge is 0.151 e. The Bertz CT molecular complexity index is 789. The van der Waals surface area contributed by atoms with Gasteiger partial charge in [0.25, 0.3) is 0 Å². The van der Waals surface area contributed by atoms with Gasteiger partial charge in [-0.25, -0.2) is 8.42 Å². The van der Waals surface area contributed by atoms with Gasteiger partial charge >= 0.3 is 0 Å². The van der Waals surface area contributed by atoms with Gasteiger partial charge in [-0.15, -0.1) is 12.4 Å². The lowest BCUT2D eigenvalue weighted by atomic mass is 10.2. The quantitative estimate of drug-likeness (QED) is 0.850. The Labute approximate surface area is 151 Å². The van der Waals surface area contributed by atoms with Gasteiger partial charge in [0, 0.05) is 16.6 Å². The molecule has 0 amide bonds. The highest BCUT2D eigenvalue weighted by Gasteiger charge is 2.27. The minimum absolute atomic E-state index is 0. The van der Waals surface area contributed by atoms with Crippen molar-refractivity contribution >= 4 is 45.4 Å². The molecule has 126 valence electrons. The first-order valence-corrected chi connectivity index (χ1v) is 9.49. The first kappa shape index (κ1) is 18.6. The van der Waals surface area contributed by atoms with Gasteiger partial charge in [-0.2, -0.15) is 0 Å². The summed E-state index contributed by atoms with van der Waals surface area (Å²) in [7, 11) is -2.87. The predicted octanol–water partition coefficient (Wildman–Crippen LogP) is 3.95. The number of hydrogen-bond donors (Lipinski definition) is 1. The zero-order chi connectivity index (χ0) is 15.7. The fraction of sp³-hybridized carbons (Fsp3) is 0.333. The normalized spacial score (nSPS) is 19.5. The van der Waals surface area contributed by atoms with E-state index in [1.807, 2.05) is 12.1 Å². The third kappa shape index (κ3) is 4.64. The molecule has 2 heterocycles. The van der Waals surface area contributed by atoms with E-state index in [-0.39, 0.29) is 30.0 Å². The van der Waals surface area contributed by atoms with E-state index in [1.165, 1.54) is 0 Å². The van der Waals surface area contributed by atoms with Crippen LogP contribution >= 0.6 is 35.6 Å². The van der Waals surface area contributed by atoms with Gasteiger partial charge in [-0.1, -0.05) is 23.2 Å². The highest BCUT2D eigenvalue weighted by molar-refractivity contribution is 7.91. The van der Waals surface area contributed by atoms with Crippen molar-refractivity contribution in [3.05, 3.63) is 46.1 Å². The molecule has 0 bridgehead atoms. The zero-order valence-corrected chi connectivity index (χ0v) is 15.2. The summed E-state index contributed by atoms with van der Waals surface area (Å²) in [4.78, 5) is 0. The number of halogens is 3. The Balaban J connectivity index is 0.00000192. The first-order chi connectivity index (χ1) is 10.4. The molecule has 0 aliphatic carbocycles. The van der Waals surface area contributed by atoms with Crippen molar-refractivity contribution in [2.75, 3.05) is 11.5 Å². The Morgan fingerprint density at radius 2 is 2.00 bits per heavy atom. The number of furan rings is 1. The summed E-state index contributed by atoms with van der Waals surface area (Å²) in [5.41, 5.74) is 0.740. The molecule has 1 saturated heterocycles. The van der Waals surface area contributed by atoms with Crippen molar-refractivity contribution < 1.29 is 12.8 Å². The summed E-state index contributed by atoms with van der Waals surface area (Å²) in [6.45, 7) is 0.484. The third-order valence-electron chi connectivity index (χ3n) is 3.65. The number of nitrogens with one attached hydrogen (secondary N) is 1. The Kier molecular flexibility index (Phi) is 6.03. The second kappa shape index (κ2) is 7.45. The van der Waals surface area contributed by atoms with Gasteiger partial charge in [0.05, 0.1) is 23.1 Å². The number of hydrogen-bond acceptors (Lipinski definition) is 4. The van der Waals surface area contributed by atoms with Gasteiger partial charge < -0.3 is 9.73 Å². The summed E-state index contributed by atoms with van der Waals surface area (Å²) in [6.07, 6.45) is 0.649. The lowest BCUT2D eigenvalue weighted by Gasteiger charge is -2.08. The van der Waals surface area contributed by atoms with E-state index in [0.29, 0.717) is 28.8 Å². The van der Waals surface area contributed by atoms with Crippen molar-refractivity contribution in [2.24, 2.45) is 0 Å². The van der Waals surface area contributed by atoms with Gasteiger partial charge in [0.2, 0.25) is 0 Å². The van der Waals surface area contributed by atoms with Crippen molar-refractivity contribution in [2.45, 2.75) is 19.0 Å². The van der Waals surface area contributed by atoms with Crippen LogP contribution < -0.4 is 5.32 Å². The summed E-state index contributed by atoms with van der Waals surface area (Å²) < 4.78 is 28.6. The van der Waals surface area contributed by atoms with E-state index in [4.69, 9.17) is 27.6 Å². The second-order valence-corrected chi connectivity index (χ2v) is 8.44. The topological polar surface area (TPSA) is 59.3 Å². The third-order valence-corrected chi connectivity index (χ3v) is 5.99. The number of sulfone groups is 1. The van der Waals surface area contributed by atoms with Crippen LogP contribution in [0.15, 0.2) is 34.7 Å². The maximum atomic E-state index is 11.4. The van der Waals surface area contributed by atoms with Crippen LogP contribution in [0.5, 0.6) is 0 Å². The molecule has 3 rings (SSSR count). The molecule has 4 nitrogen and oxygen atoms in total. The SMILES string of the molecule is Cl.O=S1(=O)CCC(NCc2ccc(-c3cc(Cl)ccc3Cl)o2)C1. The average Bonchev–Trinajstić information content (AvgIpc) is 3.05. The highest BCUT2D eigenvalue weighted by atomic mass is 35.5. The van der Waals surface area contributed by atoms with Crippen molar-refractivity contribution in [3.63, 3.8) is 0 Å². The molecule has 0 radical (unpaired) electrons. The largest absolute Gasteiger partial charge is 0.460 e. The van der Waals surface area contributed by atoms with Gasteiger partial charge in [-0.3, -0.25) is 0 Å². The Morgan fingerprint density at radius 1 is 1.22 bits per heavy atom. The summed E-state index contributed by atoms with van der Waals surface area (Å²) in [6, 6.07) is 8.88. The van der Waals surface area contributed by atoms with E-state index < -0.39 is 9.84 Å². The van der Waals surface area contributed by atoms with E-state index in [0.717, 1.165) is 11.3 Å². The van der Waals surface area contributed by atoms with Crippen LogP contribution in [0.25, 0.3) is 11.3 Å². The fourth-order valence-electron chi connectivity index (χ4n) is 2.50. The lowest BCUT2D eigenvalue weighted by Crippen LogP contribution is -2.29. The van der Waals surface area contributed by atoms with Crippen molar-refractivity contribution in [3.8, 4) is 11.3 Å². The minimum Gasteiger partial charge on any atom is -0.460 e. The molecule has 1 fully saturated rings. The number of rotatable bonds is 4. The molecular formula is C15H16Cl3NO3S. The van der Waals surface area contributed by atoms with Crippen LogP contribution in [0.4, 0.5) is 0 Å². The second-order valence-electron chi connectivity index (χ2n) is 5.37. The maximum absolute atomic E-state index is 11.4. The maximum Gasteiger partial charge on any atom is 0.151 e. The van der Waals surface area contributed by atoms with Gasteiger partial charge in [-0.05, 0) is 36.8 Å². The van der Waals surface area contributed by atoms with E-state index in [2.05, 4.69) is 5.32 Å². The monoisotopic (exact) mass is 395 g/mol. The van der Waals surface area contributed by atoms with Crippen LogP contribution in [0.3, 0.4) is 0 Å². The van der Waals surface area contributed by atoms with Gasteiger partial charge in [0.1, 0.15) is 11.5 Å². The molecule has 1 aromatic carbocycles. The van der Waals surface area contributed by atoms with Gasteiger partial charge in [0.15, 0.2) is 9.84 Å². The van der Waals surface area contributed by atoms with Crippen molar-refractivity contribution in [1.29, 1.82) is 0 Å². The standard InChI is InChI=1S/C15H15Cl2NO3S.ClH/c16-10-1-3-14(17)13(7-10)15-4-2-12(21-15)8-18-11-5-6-22(19,20)9-11;/h1-4,7,11,18H,5-6,8-9H2;1H. The lowest BCUT2D eigenvalue weighted by molar-refractivity contribution is 0.464. The van der Waals surface area contributed by atoms with Crippen LogP contribution in [-0.2, 0) is 16.4 Å². The van der Waals surface area contributed by atoms with E-state index in [9.17, 15) is 8.42 Å². The zero-order valence-electron chi connectivity index (χ0n) is 12.1. The van der Waals surface area contributed by atoms with Crippen LogP contribution in [-0.4, -0.2) is 26.0 Å². The van der Waals surface area contributed by atoms with Crippen LogP contribution in [0.2, 0.25) is 10.0 Å². The average molecular weight is 397 g/mol. The van der Waals surface area contributed by atoms with E-state index >= 15 is 0 Å². The summed E-state index contributed by atoms with van der Waals surface area (Å²) >= 11 is 12.1. The molecule has 8 heteroatoms. The molecule has 1 aromatic heterocycles. The molecule has 2 aromatic rings. The Hall–Kier alpha value is -0.720. The van der Waals surface area contributed by atoms with Crippen molar-refractivity contribution in [1.82, 2.24) is 5.32 Å². The van der Waals surface area contributed by atoms with E-state index in [1.54, 1.807) is 18.2 Å². The predicted molar refractivity (Wildman–Crippen MR) is 95.3 cm³/mol. The molecule has 1 aliphatic rings. The molecule has 23 heavy (non-hydrogen) atoms. The molecular weight excluding hydrogens is 381 g/mol. The fourth-order valence-corrected chi connectivity index (χ4v) is 4.60. The molecule has 1 unspecified atom stereocenters. The first-order valence-electron chi connectivity index (χ1n) is 6.91. The minimum atomic E-state index is -2.87. The summed E-state index contributed by atoms with van der Waals surface area (Å²) in [5.74, 6) is 1.83. The molecule has 1 N–H and O–H groups in total. The Morgan fingerprint density at radius 3 is 2.70 bits per heavy atom. The molecule has 1 aliphatic heterocycles. The number of benzene rings is 1. The highest BCUT2D eigenvalue weighted by Crippen LogP contribution is 2.31. The molecule has 0 saturated carbocycles. The molecule has 1 atom stereocenters.